The molecule has 0 spiro atoms. The highest BCUT2D eigenvalue weighted by molar-refractivity contribution is 9.09. The fourth-order valence-electron chi connectivity index (χ4n) is 2.35. The minimum absolute atomic E-state index is 0.488. The first-order chi connectivity index (χ1) is 6.79. The molecule has 1 heterocycles. The highest BCUT2D eigenvalue weighted by Crippen LogP contribution is 2.30. The summed E-state index contributed by atoms with van der Waals surface area (Å²) in [6.45, 7) is 6.02. The molecule has 0 saturated carbocycles. The van der Waals surface area contributed by atoms with Crippen molar-refractivity contribution in [2.45, 2.75) is 24.6 Å². The van der Waals surface area contributed by atoms with Gasteiger partial charge in [0.15, 0.2) is 0 Å². The second kappa shape index (κ2) is 4.63. The van der Waals surface area contributed by atoms with E-state index in [9.17, 15) is 0 Å². The zero-order valence-electron chi connectivity index (χ0n) is 8.75. The van der Waals surface area contributed by atoms with Gasteiger partial charge in [-0.1, -0.05) is 41.1 Å². The van der Waals surface area contributed by atoms with E-state index >= 15 is 0 Å². The molecule has 0 aromatic carbocycles. The SMILES string of the molecule is CCN1CCC(C2=CC(Br)C=C2)CC1. The molecule has 0 radical (unpaired) electrons. The van der Waals surface area contributed by atoms with E-state index in [2.05, 4.69) is 46.0 Å². The molecule has 0 amide bonds. The third kappa shape index (κ3) is 2.29. The molecule has 2 aliphatic rings. The van der Waals surface area contributed by atoms with Crippen molar-refractivity contribution in [1.29, 1.82) is 0 Å². The van der Waals surface area contributed by atoms with Crippen molar-refractivity contribution in [3.05, 3.63) is 23.8 Å². The first-order valence-corrected chi connectivity index (χ1v) is 6.47. The summed E-state index contributed by atoms with van der Waals surface area (Å²) in [6, 6.07) is 0. The van der Waals surface area contributed by atoms with Gasteiger partial charge < -0.3 is 4.90 Å². The minimum Gasteiger partial charge on any atom is -0.304 e. The monoisotopic (exact) mass is 255 g/mol. The van der Waals surface area contributed by atoms with Crippen molar-refractivity contribution in [2.24, 2.45) is 5.92 Å². The van der Waals surface area contributed by atoms with Crippen LogP contribution in [0.15, 0.2) is 23.8 Å². The molecule has 1 aliphatic heterocycles. The smallest absolute Gasteiger partial charge is 0.0514 e. The Bertz CT molecular complexity index is 249. The van der Waals surface area contributed by atoms with Crippen LogP contribution in [0.4, 0.5) is 0 Å². The fourth-order valence-corrected chi connectivity index (χ4v) is 2.81. The van der Waals surface area contributed by atoms with E-state index < -0.39 is 0 Å². The lowest BCUT2D eigenvalue weighted by molar-refractivity contribution is 0.209. The van der Waals surface area contributed by atoms with E-state index in [4.69, 9.17) is 0 Å². The van der Waals surface area contributed by atoms with Crippen molar-refractivity contribution < 1.29 is 0 Å². The average Bonchev–Trinajstić information content (AvgIpc) is 2.65. The number of nitrogens with zero attached hydrogens (tertiary/aromatic N) is 1. The van der Waals surface area contributed by atoms with Crippen LogP contribution in [-0.2, 0) is 0 Å². The molecular formula is C12H18BrN. The number of hydrogen-bond acceptors (Lipinski definition) is 1. The van der Waals surface area contributed by atoms with Gasteiger partial charge in [0.1, 0.15) is 0 Å². The fraction of sp³-hybridized carbons (Fsp3) is 0.667. The summed E-state index contributed by atoms with van der Waals surface area (Å²) in [4.78, 5) is 3.03. The maximum atomic E-state index is 3.60. The van der Waals surface area contributed by atoms with Crippen LogP contribution in [0.5, 0.6) is 0 Å². The first kappa shape index (κ1) is 10.4. The van der Waals surface area contributed by atoms with Gasteiger partial charge in [0.2, 0.25) is 0 Å². The number of halogens is 1. The highest BCUT2D eigenvalue weighted by atomic mass is 79.9. The number of likely N-dealkylation sites (tertiary alicyclic amines) is 1. The summed E-state index contributed by atoms with van der Waals surface area (Å²) >= 11 is 3.60. The topological polar surface area (TPSA) is 3.24 Å². The lowest BCUT2D eigenvalue weighted by Crippen LogP contribution is -2.33. The third-order valence-electron chi connectivity index (χ3n) is 3.33. The summed E-state index contributed by atoms with van der Waals surface area (Å²) in [6.07, 6.45) is 9.56. The van der Waals surface area contributed by atoms with Crippen LogP contribution >= 0.6 is 15.9 Å². The van der Waals surface area contributed by atoms with Gasteiger partial charge in [-0.15, -0.1) is 0 Å². The molecule has 0 aromatic rings. The Hall–Kier alpha value is -0.0800. The third-order valence-corrected chi connectivity index (χ3v) is 3.90. The number of allylic oxidation sites excluding steroid dienone is 4. The Labute approximate surface area is 95.0 Å². The summed E-state index contributed by atoms with van der Waals surface area (Å²) in [7, 11) is 0. The molecular weight excluding hydrogens is 238 g/mol. The minimum atomic E-state index is 0.488. The molecule has 1 saturated heterocycles. The molecule has 78 valence electrons. The molecule has 1 atom stereocenters. The van der Waals surface area contributed by atoms with Crippen molar-refractivity contribution in [3.63, 3.8) is 0 Å². The Morgan fingerprint density at radius 3 is 2.64 bits per heavy atom. The van der Waals surface area contributed by atoms with Gasteiger partial charge in [-0.05, 0) is 44.0 Å². The summed E-state index contributed by atoms with van der Waals surface area (Å²) in [5, 5.41) is 0. The summed E-state index contributed by atoms with van der Waals surface area (Å²) in [5.41, 5.74) is 1.56. The molecule has 0 aromatic heterocycles. The second-order valence-electron chi connectivity index (χ2n) is 4.18. The number of rotatable bonds is 2. The Kier molecular flexibility index (Phi) is 3.45. The van der Waals surface area contributed by atoms with Crippen molar-refractivity contribution in [2.75, 3.05) is 19.6 Å². The largest absolute Gasteiger partial charge is 0.304 e. The molecule has 14 heavy (non-hydrogen) atoms. The second-order valence-corrected chi connectivity index (χ2v) is 5.24. The molecule has 0 bridgehead atoms. The van der Waals surface area contributed by atoms with Crippen LogP contribution in [0.3, 0.4) is 0 Å². The van der Waals surface area contributed by atoms with Gasteiger partial charge in [-0.3, -0.25) is 0 Å². The molecule has 2 heteroatoms. The van der Waals surface area contributed by atoms with E-state index in [0.29, 0.717) is 4.83 Å². The van der Waals surface area contributed by atoms with Gasteiger partial charge in [0.25, 0.3) is 0 Å². The highest BCUT2D eigenvalue weighted by Gasteiger charge is 2.22. The van der Waals surface area contributed by atoms with Crippen molar-refractivity contribution in [1.82, 2.24) is 4.90 Å². The predicted molar refractivity (Wildman–Crippen MR) is 64.8 cm³/mol. The van der Waals surface area contributed by atoms with E-state index in [1.807, 2.05) is 0 Å². The molecule has 0 N–H and O–H groups in total. The van der Waals surface area contributed by atoms with E-state index in [1.165, 1.54) is 32.5 Å². The van der Waals surface area contributed by atoms with Gasteiger partial charge in [-0.25, -0.2) is 0 Å². The Morgan fingerprint density at radius 2 is 2.14 bits per heavy atom. The molecule has 1 aliphatic carbocycles. The first-order valence-electron chi connectivity index (χ1n) is 5.56. The van der Waals surface area contributed by atoms with Gasteiger partial charge in [-0.2, -0.15) is 0 Å². The standard InChI is InChI=1S/C12H18BrN/c1-2-14-7-5-10(6-8-14)11-3-4-12(13)9-11/h3-4,9-10,12H,2,5-8H2,1H3. The van der Waals surface area contributed by atoms with Crippen LogP contribution < -0.4 is 0 Å². The van der Waals surface area contributed by atoms with E-state index in [-0.39, 0.29) is 0 Å². The number of alkyl halides is 1. The number of hydrogen-bond donors (Lipinski definition) is 0. The van der Waals surface area contributed by atoms with E-state index in [1.54, 1.807) is 5.57 Å². The van der Waals surface area contributed by atoms with Crippen LogP contribution in [0.25, 0.3) is 0 Å². The zero-order chi connectivity index (χ0) is 9.97. The van der Waals surface area contributed by atoms with Crippen LogP contribution in [0.1, 0.15) is 19.8 Å². The molecule has 1 unspecified atom stereocenters. The average molecular weight is 256 g/mol. The molecule has 1 nitrogen and oxygen atoms in total. The van der Waals surface area contributed by atoms with Gasteiger partial charge in [0.05, 0.1) is 4.83 Å². The van der Waals surface area contributed by atoms with Gasteiger partial charge >= 0.3 is 0 Å². The lowest BCUT2D eigenvalue weighted by Gasteiger charge is -2.31. The Balaban J connectivity index is 1.90. The molecule has 1 fully saturated rings. The maximum absolute atomic E-state index is 3.60. The zero-order valence-corrected chi connectivity index (χ0v) is 10.3. The van der Waals surface area contributed by atoms with Crippen molar-refractivity contribution in [3.8, 4) is 0 Å². The van der Waals surface area contributed by atoms with Crippen molar-refractivity contribution >= 4 is 15.9 Å². The Morgan fingerprint density at radius 1 is 1.43 bits per heavy atom. The van der Waals surface area contributed by atoms with Crippen LogP contribution in [-0.4, -0.2) is 29.4 Å². The normalized spacial score (nSPS) is 29.6. The van der Waals surface area contributed by atoms with Crippen LogP contribution in [0, 0.1) is 5.92 Å². The predicted octanol–water partition coefficient (Wildman–Crippen LogP) is 2.98. The van der Waals surface area contributed by atoms with E-state index in [0.717, 1.165) is 5.92 Å². The lowest BCUT2D eigenvalue weighted by atomic mass is 9.90. The maximum Gasteiger partial charge on any atom is 0.0514 e. The quantitative estimate of drug-likeness (QED) is 0.686. The number of piperidine rings is 1. The summed E-state index contributed by atoms with van der Waals surface area (Å²) in [5.74, 6) is 0.816. The molecule has 2 rings (SSSR count). The van der Waals surface area contributed by atoms with Crippen LogP contribution in [0.2, 0.25) is 0 Å². The van der Waals surface area contributed by atoms with Gasteiger partial charge in [0, 0.05) is 0 Å². The summed E-state index contributed by atoms with van der Waals surface area (Å²) < 4.78 is 0.